The number of hydrogen-bond acceptors (Lipinski definition) is 11. The minimum Gasteiger partial charge on any atom is -0.479 e. The van der Waals surface area contributed by atoms with E-state index in [1.54, 1.807) is 29.4 Å². The van der Waals surface area contributed by atoms with Crippen LogP contribution in [0.2, 0.25) is 5.02 Å². The number of anilines is 1. The van der Waals surface area contributed by atoms with Crippen LogP contribution in [0.1, 0.15) is 25.6 Å². The molecule has 0 radical (unpaired) electrons. The summed E-state index contributed by atoms with van der Waals surface area (Å²) >= 11 is 7.38. The third-order valence-corrected chi connectivity index (χ3v) is 6.31. The zero-order chi connectivity index (χ0) is 24.1. The fourth-order valence-electron chi connectivity index (χ4n) is 3.10. The molecular formula is C21H22ClN9O2S. The number of pyridine rings is 1. The molecule has 176 valence electrons. The van der Waals surface area contributed by atoms with E-state index in [0.29, 0.717) is 40.1 Å². The Morgan fingerprint density at radius 1 is 1.00 bits per heavy atom. The van der Waals surface area contributed by atoms with Gasteiger partial charge in [-0.15, -0.1) is 10.2 Å². The average Bonchev–Trinajstić information content (AvgIpc) is 3.30. The molecule has 0 saturated heterocycles. The molecule has 4 heterocycles. The second-order valence-electron chi connectivity index (χ2n) is 7.14. The van der Waals surface area contributed by atoms with Gasteiger partial charge < -0.3 is 9.47 Å². The fraction of sp³-hybridized carbons (Fsp3) is 0.286. The fourth-order valence-corrected chi connectivity index (χ4v) is 3.94. The third-order valence-electron chi connectivity index (χ3n) is 5.04. The van der Waals surface area contributed by atoms with Crippen LogP contribution < -0.4 is 14.2 Å². The summed E-state index contributed by atoms with van der Waals surface area (Å²) in [6.07, 6.45) is 7.94. The van der Waals surface area contributed by atoms with Gasteiger partial charge in [0, 0.05) is 41.5 Å². The summed E-state index contributed by atoms with van der Waals surface area (Å²) in [6, 6.07) is 3.71. The van der Waals surface area contributed by atoms with Gasteiger partial charge in [-0.05, 0) is 24.1 Å². The molecule has 11 nitrogen and oxygen atoms in total. The Hall–Kier alpha value is -3.51. The highest BCUT2D eigenvalue weighted by Gasteiger charge is 2.25. The summed E-state index contributed by atoms with van der Waals surface area (Å²) in [6.45, 7) is 4.11. The molecule has 1 N–H and O–H groups in total. The van der Waals surface area contributed by atoms with Crippen molar-refractivity contribution in [1.29, 1.82) is 0 Å². The van der Waals surface area contributed by atoms with Crippen molar-refractivity contribution in [3.05, 3.63) is 54.1 Å². The first-order valence-electron chi connectivity index (χ1n) is 10.2. The van der Waals surface area contributed by atoms with Gasteiger partial charge >= 0.3 is 0 Å². The molecule has 2 atom stereocenters. The molecule has 0 aliphatic heterocycles. The molecule has 2 unspecified atom stereocenters. The van der Waals surface area contributed by atoms with E-state index in [9.17, 15) is 0 Å². The zero-order valence-corrected chi connectivity index (χ0v) is 20.4. The predicted molar refractivity (Wildman–Crippen MR) is 129 cm³/mol. The average molecular weight is 500 g/mol. The molecule has 4 aromatic heterocycles. The quantitative estimate of drug-likeness (QED) is 0.337. The maximum absolute atomic E-state index is 5.92. The summed E-state index contributed by atoms with van der Waals surface area (Å²) in [4.78, 5) is 21.4. The minimum absolute atomic E-state index is 0.0352. The predicted octanol–water partition coefficient (Wildman–Crippen LogP) is 3.83. The SMILES string of the molecule is COc1ncnc(OC)c1-n1c(NSC(C)C(C)c2ncc(Cl)cn2)nnc1-c1cccnc1. The van der Waals surface area contributed by atoms with Crippen LogP contribution in [0.15, 0.2) is 43.2 Å². The Bertz CT molecular complexity index is 1220. The first-order valence-corrected chi connectivity index (χ1v) is 11.5. The Balaban J connectivity index is 1.70. The summed E-state index contributed by atoms with van der Waals surface area (Å²) in [7, 11) is 3.05. The first kappa shape index (κ1) is 23.6. The lowest BCUT2D eigenvalue weighted by molar-refractivity contribution is 0.368. The van der Waals surface area contributed by atoms with Crippen molar-refractivity contribution in [3.63, 3.8) is 0 Å². The molecule has 0 amide bonds. The number of halogens is 1. The van der Waals surface area contributed by atoms with Crippen LogP contribution in [0.3, 0.4) is 0 Å². The van der Waals surface area contributed by atoms with Gasteiger partial charge in [-0.1, -0.05) is 25.4 Å². The number of aromatic nitrogens is 8. The normalized spacial score (nSPS) is 12.7. The lowest BCUT2D eigenvalue weighted by Crippen LogP contribution is -2.15. The first-order chi connectivity index (χ1) is 16.5. The van der Waals surface area contributed by atoms with Crippen LogP contribution in [0.5, 0.6) is 11.8 Å². The van der Waals surface area contributed by atoms with E-state index >= 15 is 0 Å². The van der Waals surface area contributed by atoms with Crippen molar-refractivity contribution in [3.8, 4) is 28.8 Å². The van der Waals surface area contributed by atoms with Crippen molar-refractivity contribution in [2.45, 2.75) is 25.0 Å². The highest BCUT2D eigenvalue weighted by Crippen LogP contribution is 2.36. The lowest BCUT2D eigenvalue weighted by atomic mass is 10.1. The topological polar surface area (TPSA) is 126 Å². The number of methoxy groups -OCH3 is 2. The minimum atomic E-state index is 0.0352. The number of nitrogens with zero attached hydrogens (tertiary/aromatic N) is 8. The standard InChI is InChI=1S/C21H22ClN9O2S/c1-12(17-24-9-15(22)10-25-17)13(2)34-30-21-29-28-18(14-6-5-7-23-8-14)31(21)16-19(32-3)26-11-27-20(16)33-4/h5-13H,1-4H3,(H,29,30). The van der Waals surface area contributed by atoms with Crippen LogP contribution >= 0.6 is 23.5 Å². The van der Waals surface area contributed by atoms with Crippen LogP contribution in [0, 0.1) is 0 Å². The largest absolute Gasteiger partial charge is 0.479 e. The monoisotopic (exact) mass is 499 g/mol. The molecule has 4 rings (SSSR count). The molecule has 13 heteroatoms. The van der Waals surface area contributed by atoms with E-state index < -0.39 is 0 Å². The van der Waals surface area contributed by atoms with Gasteiger partial charge in [0.2, 0.25) is 17.7 Å². The number of nitrogens with one attached hydrogen (secondary N) is 1. The second-order valence-corrected chi connectivity index (χ2v) is 8.76. The molecule has 0 aromatic carbocycles. The van der Waals surface area contributed by atoms with E-state index in [1.807, 2.05) is 19.1 Å². The van der Waals surface area contributed by atoms with Gasteiger partial charge in [-0.3, -0.25) is 14.3 Å². The van der Waals surface area contributed by atoms with Gasteiger partial charge in [0.25, 0.3) is 0 Å². The highest BCUT2D eigenvalue weighted by molar-refractivity contribution is 8.01. The van der Waals surface area contributed by atoms with Gasteiger partial charge in [0.1, 0.15) is 12.2 Å². The Morgan fingerprint density at radius 2 is 1.71 bits per heavy atom. The molecule has 0 aliphatic carbocycles. The molecule has 0 bridgehead atoms. The Kier molecular flexibility index (Phi) is 7.38. The van der Waals surface area contributed by atoms with E-state index in [0.717, 1.165) is 5.56 Å². The summed E-state index contributed by atoms with van der Waals surface area (Å²) < 4.78 is 16.1. The highest BCUT2D eigenvalue weighted by atomic mass is 35.5. The van der Waals surface area contributed by atoms with Gasteiger partial charge in [0.05, 0.1) is 19.2 Å². The van der Waals surface area contributed by atoms with Crippen molar-refractivity contribution in [2.75, 3.05) is 18.9 Å². The summed E-state index contributed by atoms with van der Waals surface area (Å²) in [5, 5.41) is 9.34. The maximum Gasteiger partial charge on any atom is 0.245 e. The smallest absolute Gasteiger partial charge is 0.245 e. The van der Waals surface area contributed by atoms with Crippen molar-refractivity contribution < 1.29 is 9.47 Å². The van der Waals surface area contributed by atoms with Crippen molar-refractivity contribution in [2.24, 2.45) is 0 Å². The molecule has 0 saturated carbocycles. The summed E-state index contributed by atoms with van der Waals surface area (Å²) in [5.41, 5.74) is 1.21. The van der Waals surface area contributed by atoms with Crippen LogP contribution in [-0.4, -0.2) is 59.2 Å². The van der Waals surface area contributed by atoms with Gasteiger partial charge in [-0.2, -0.15) is 9.97 Å². The van der Waals surface area contributed by atoms with E-state index in [4.69, 9.17) is 21.1 Å². The number of rotatable bonds is 9. The van der Waals surface area contributed by atoms with E-state index in [1.165, 1.54) is 32.5 Å². The van der Waals surface area contributed by atoms with E-state index in [2.05, 4.69) is 46.8 Å². The number of ether oxygens (including phenoxy) is 2. The summed E-state index contributed by atoms with van der Waals surface area (Å²) in [5.74, 6) is 2.30. The molecule has 4 aromatic rings. The Morgan fingerprint density at radius 3 is 2.32 bits per heavy atom. The molecule has 0 aliphatic rings. The molecule has 0 spiro atoms. The van der Waals surface area contributed by atoms with Crippen molar-refractivity contribution in [1.82, 2.24) is 39.7 Å². The third kappa shape index (κ3) is 4.87. The van der Waals surface area contributed by atoms with Crippen LogP contribution in [0.25, 0.3) is 17.1 Å². The van der Waals surface area contributed by atoms with E-state index in [-0.39, 0.29) is 11.2 Å². The van der Waals surface area contributed by atoms with Crippen LogP contribution in [-0.2, 0) is 0 Å². The van der Waals surface area contributed by atoms with Crippen molar-refractivity contribution >= 4 is 29.5 Å². The molecule has 34 heavy (non-hydrogen) atoms. The molecular weight excluding hydrogens is 478 g/mol. The van der Waals surface area contributed by atoms with Crippen LogP contribution in [0.4, 0.5) is 5.95 Å². The lowest BCUT2D eigenvalue weighted by Gasteiger charge is -2.19. The molecule has 0 fully saturated rings. The Labute approximate surface area is 205 Å². The van der Waals surface area contributed by atoms with Gasteiger partial charge in [0.15, 0.2) is 11.5 Å². The second kappa shape index (κ2) is 10.6. The maximum atomic E-state index is 5.92. The number of hydrogen-bond donors (Lipinski definition) is 1. The van der Waals surface area contributed by atoms with Gasteiger partial charge in [-0.25, -0.2) is 9.97 Å². The zero-order valence-electron chi connectivity index (χ0n) is 18.9.